The van der Waals surface area contributed by atoms with Crippen molar-refractivity contribution in [3.8, 4) is 33.3 Å². The van der Waals surface area contributed by atoms with Gasteiger partial charge in [-0.25, -0.2) is 9.37 Å². The van der Waals surface area contributed by atoms with Crippen molar-refractivity contribution < 1.29 is 15.3 Å². The van der Waals surface area contributed by atoms with E-state index in [9.17, 15) is 14.0 Å². The minimum absolute atomic E-state index is 0. The number of thiophene rings is 1. The van der Waals surface area contributed by atoms with Crippen molar-refractivity contribution >= 4 is 39.4 Å². The van der Waals surface area contributed by atoms with Gasteiger partial charge in [0.2, 0.25) is 0 Å². The SMILES string of the molecule is C=Cc1nc(-c2cc3c(-c4cc(C(C)=O)ccc4Oc4c(C)cc(F)cc4C)cn(C)c(=O)c3s2)[nH]c1C=C.[HH]. The first-order chi connectivity index (χ1) is 18.6. The molecule has 0 spiro atoms. The summed E-state index contributed by atoms with van der Waals surface area (Å²) in [5, 5.41) is 0.702. The summed E-state index contributed by atoms with van der Waals surface area (Å²) >= 11 is 1.32. The maximum atomic E-state index is 14.0. The molecular formula is C31H28FN3O3S. The van der Waals surface area contributed by atoms with Gasteiger partial charge in [-0.2, -0.15) is 0 Å². The second-order valence-electron chi connectivity index (χ2n) is 9.34. The Balaban J connectivity index is 0.00000370. The number of Topliss-reactive ketones (excluding diaryl/α,β-unsaturated/α-hetero) is 1. The molecule has 0 unspecified atom stereocenters. The van der Waals surface area contributed by atoms with Crippen molar-refractivity contribution in [2.75, 3.05) is 0 Å². The van der Waals surface area contributed by atoms with Crippen LogP contribution >= 0.6 is 11.3 Å². The molecule has 0 bridgehead atoms. The van der Waals surface area contributed by atoms with Crippen molar-refractivity contribution in [2.24, 2.45) is 7.05 Å². The van der Waals surface area contributed by atoms with Crippen molar-refractivity contribution in [2.45, 2.75) is 20.8 Å². The Bertz CT molecular complexity index is 1830. The lowest BCUT2D eigenvalue weighted by molar-refractivity contribution is 0.101. The van der Waals surface area contributed by atoms with Crippen molar-refractivity contribution in [3.05, 3.63) is 100 Å². The molecule has 0 aliphatic heterocycles. The number of H-pyrrole nitrogens is 1. The standard InChI is InChI=1S/C31H26FN3O3S.H2/c1-7-24-25(8-2)34-30(33-24)27-14-22-23(15-35(6)31(37)29(22)39-27)21-13-19(18(5)36)9-10-26(21)38-28-16(3)11-20(32)12-17(28)4;/h7-15H,1-2H2,3-6H3,(H,33,34);1H. The topological polar surface area (TPSA) is 77.0 Å². The lowest BCUT2D eigenvalue weighted by atomic mass is 9.99. The normalized spacial score (nSPS) is 11.1. The molecule has 1 N–H and O–H groups in total. The fourth-order valence-corrected chi connectivity index (χ4v) is 5.71. The molecule has 0 aliphatic rings. The number of imidazole rings is 1. The van der Waals surface area contributed by atoms with E-state index >= 15 is 0 Å². The molecule has 5 aromatic rings. The number of carbonyl (C=O) groups is 1. The van der Waals surface area contributed by atoms with E-state index in [0.29, 0.717) is 60.9 Å². The second kappa shape index (κ2) is 9.96. The Morgan fingerprint density at radius 1 is 1.13 bits per heavy atom. The summed E-state index contributed by atoms with van der Waals surface area (Å²) in [4.78, 5) is 34.2. The summed E-state index contributed by atoms with van der Waals surface area (Å²) in [6.07, 6.45) is 5.05. The monoisotopic (exact) mass is 541 g/mol. The van der Waals surface area contributed by atoms with Gasteiger partial charge in [0, 0.05) is 36.7 Å². The van der Waals surface area contributed by atoms with Crippen LogP contribution in [-0.2, 0) is 7.05 Å². The van der Waals surface area contributed by atoms with Crippen LogP contribution in [-0.4, -0.2) is 20.3 Å². The molecule has 0 aliphatic carbocycles. The van der Waals surface area contributed by atoms with Crippen LogP contribution in [0.15, 0.2) is 60.5 Å². The van der Waals surface area contributed by atoms with Gasteiger partial charge < -0.3 is 14.3 Å². The van der Waals surface area contributed by atoms with Crippen LogP contribution < -0.4 is 10.3 Å². The van der Waals surface area contributed by atoms with Gasteiger partial charge in [0.15, 0.2) is 5.78 Å². The van der Waals surface area contributed by atoms with Crippen LogP contribution in [0.5, 0.6) is 11.5 Å². The molecule has 0 fully saturated rings. The number of ketones is 1. The summed E-state index contributed by atoms with van der Waals surface area (Å²) in [6.45, 7) is 12.7. The van der Waals surface area contributed by atoms with Crippen LogP contribution in [0.3, 0.4) is 0 Å². The van der Waals surface area contributed by atoms with Gasteiger partial charge in [0.1, 0.15) is 27.8 Å². The first-order valence-electron chi connectivity index (χ1n) is 12.2. The number of hydrogen-bond acceptors (Lipinski definition) is 5. The van der Waals surface area contributed by atoms with E-state index < -0.39 is 0 Å². The average molecular weight is 542 g/mol. The highest BCUT2D eigenvalue weighted by Crippen LogP contribution is 2.42. The summed E-state index contributed by atoms with van der Waals surface area (Å²) in [7, 11) is 1.69. The van der Waals surface area contributed by atoms with Crippen LogP contribution in [0.4, 0.5) is 4.39 Å². The third-order valence-electron chi connectivity index (χ3n) is 6.57. The molecule has 2 aromatic carbocycles. The largest absolute Gasteiger partial charge is 0.456 e. The van der Waals surface area contributed by atoms with Crippen molar-refractivity contribution in [3.63, 3.8) is 0 Å². The number of fused-ring (bicyclic) bond motifs is 1. The van der Waals surface area contributed by atoms with E-state index in [1.54, 1.807) is 57.4 Å². The van der Waals surface area contributed by atoms with E-state index in [2.05, 4.69) is 23.1 Å². The fourth-order valence-electron chi connectivity index (χ4n) is 4.61. The number of carbonyl (C=O) groups excluding carboxylic acids is 1. The number of aromatic amines is 1. The van der Waals surface area contributed by atoms with Crippen LogP contribution in [0, 0.1) is 19.7 Å². The van der Waals surface area contributed by atoms with Gasteiger partial charge in [-0.15, -0.1) is 11.3 Å². The van der Waals surface area contributed by atoms with Gasteiger partial charge in [-0.05, 0) is 80.4 Å². The molecule has 5 rings (SSSR count). The molecule has 0 saturated heterocycles. The highest BCUT2D eigenvalue weighted by molar-refractivity contribution is 7.22. The summed E-state index contributed by atoms with van der Waals surface area (Å²) < 4.78 is 22.4. The summed E-state index contributed by atoms with van der Waals surface area (Å²) in [5.74, 6) is 1.16. The number of nitrogens with zero attached hydrogens (tertiary/aromatic N) is 2. The summed E-state index contributed by atoms with van der Waals surface area (Å²) in [6, 6.07) is 9.94. The Morgan fingerprint density at radius 2 is 1.85 bits per heavy atom. The van der Waals surface area contributed by atoms with Gasteiger partial charge in [-0.1, -0.05) is 13.2 Å². The van der Waals surface area contributed by atoms with Crippen LogP contribution in [0.1, 0.15) is 41.2 Å². The van der Waals surface area contributed by atoms with E-state index in [1.807, 2.05) is 6.07 Å². The molecule has 0 amide bonds. The molecule has 8 heteroatoms. The number of nitrogens with one attached hydrogen (secondary N) is 1. The number of halogens is 1. The molecular weight excluding hydrogens is 513 g/mol. The average Bonchev–Trinajstić information content (AvgIpc) is 3.53. The number of rotatable bonds is 7. The maximum absolute atomic E-state index is 14.0. The zero-order chi connectivity index (χ0) is 28.0. The molecule has 0 saturated carbocycles. The Morgan fingerprint density at radius 3 is 2.46 bits per heavy atom. The first kappa shape index (κ1) is 26.1. The zero-order valence-corrected chi connectivity index (χ0v) is 22.8. The van der Waals surface area contributed by atoms with E-state index in [1.165, 1.54) is 35.0 Å². The smallest absolute Gasteiger partial charge is 0.268 e. The molecule has 0 radical (unpaired) electrons. The quantitative estimate of drug-likeness (QED) is 0.212. The zero-order valence-electron chi connectivity index (χ0n) is 22.0. The highest BCUT2D eigenvalue weighted by atomic mass is 32.1. The molecule has 6 nitrogen and oxygen atoms in total. The van der Waals surface area contributed by atoms with Crippen LogP contribution in [0.2, 0.25) is 0 Å². The molecule has 3 aromatic heterocycles. The predicted octanol–water partition coefficient (Wildman–Crippen LogP) is 7.94. The molecule has 39 heavy (non-hydrogen) atoms. The number of pyridine rings is 1. The third kappa shape index (κ3) is 4.64. The Hall–Kier alpha value is -4.56. The minimum Gasteiger partial charge on any atom is -0.456 e. The van der Waals surface area contributed by atoms with E-state index in [-0.39, 0.29) is 18.6 Å². The lowest BCUT2D eigenvalue weighted by Gasteiger charge is -2.17. The number of aromatic nitrogens is 3. The Kier molecular flexibility index (Phi) is 6.66. The van der Waals surface area contributed by atoms with Gasteiger partial charge >= 0.3 is 0 Å². The fraction of sp³-hybridized carbons (Fsp3) is 0.129. The third-order valence-corrected chi connectivity index (χ3v) is 7.69. The lowest BCUT2D eigenvalue weighted by Crippen LogP contribution is -2.15. The Labute approximate surface area is 230 Å². The molecule has 198 valence electrons. The first-order valence-corrected chi connectivity index (χ1v) is 13.0. The van der Waals surface area contributed by atoms with E-state index in [0.717, 1.165) is 10.6 Å². The van der Waals surface area contributed by atoms with E-state index in [4.69, 9.17) is 4.74 Å². The van der Waals surface area contributed by atoms with Crippen LogP contribution in [0.25, 0.3) is 44.1 Å². The van der Waals surface area contributed by atoms with Gasteiger partial charge in [-0.3, -0.25) is 9.59 Å². The maximum Gasteiger partial charge on any atom is 0.268 e. The van der Waals surface area contributed by atoms with Gasteiger partial charge in [0.25, 0.3) is 5.56 Å². The molecule has 0 atom stereocenters. The number of hydrogen-bond donors (Lipinski definition) is 1. The van der Waals surface area contributed by atoms with Gasteiger partial charge in [0.05, 0.1) is 16.3 Å². The number of aryl methyl sites for hydroxylation is 3. The number of ether oxygens (including phenoxy) is 1. The predicted molar refractivity (Wildman–Crippen MR) is 158 cm³/mol. The highest BCUT2D eigenvalue weighted by Gasteiger charge is 2.21. The van der Waals surface area contributed by atoms with Crippen molar-refractivity contribution in [1.82, 2.24) is 14.5 Å². The molecule has 3 heterocycles. The second-order valence-corrected chi connectivity index (χ2v) is 10.4. The van der Waals surface area contributed by atoms with Crippen molar-refractivity contribution in [1.29, 1.82) is 0 Å². The summed E-state index contributed by atoms with van der Waals surface area (Å²) in [5.41, 5.74) is 4.39. The number of benzene rings is 2. The minimum atomic E-state index is -0.341.